The normalized spacial score (nSPS) is 45.9. The second-order valence-electron chi connectivity index (χ2n) is 6.55. The molecule has 1 saturated heterocycles. The van der Waals surface area contributed by atoms with Gasteiger partial charge in [0.2, 0.25) is 0 Å². The highest BCUT2D eigenvalue weighted by Crippen LogP contribution is 2.56. The highest BCUT2D eigenvalue weighted by Gasteiger charge is 2.62. The van der Waals surface area contributed by atoms with Crippen LogP contribution in [0, 0.1) is 11.3 Å². The van der Waals surface area contributed by atoms with Gasteiger partial charge in [0, 0.05) is 6.42 Å². The zero-order valence-corrected chi connectivity index (χ0v) is 11.7. The number of carbonyl (C=O) groups is 2. The van der Waals surface area contributed by atoms with E-state index in [4.69, 9.17) is 4.74 Å². The Morgan fingerprint density at radius 2 is 1.95 bits per heavy atom. The highest BCUT2D eigenvalue weighted by molar-refractivity contribution is 5.97. The molecule has 1 aliphatic heterocycles. The van der Waals surface area contributed by atoms with Crippen molar-refractivity contribution in [3.8, 4) is 0 Å². The van der Waals surface area contributed by atoms with Crippen LogP contribution in [0.5, 0.6) is 0 Å². The molecule has 0 aromatic carbocycles. The number of hydrogen-bond acceptors (Lipinski definition) is 4. The lowest BCUT2D eigenvalue weighted by Gasteiger charge is -2.48. The van der Waals surface area contributed by atoms with Crippen molar-refractivity contribution in [3.63, 3.8) is 0 Å². The first-order chi connectivity index (χ1) is 8.79. The predicted molar refractivity (Wildman–Crippen MR) is 68.3 cm³/mol. The molecule has 0 radical (unpaired) electrons. The first-order valence-electron chi connectivity index (χ1n) is 6.97. The maximum Gasteiger partial charge on any atom is 0.312 e. The molecule has 1 heterocycles. The molecule has 4 atom stereocenters. The molecule has 0 spiro atoms. The van der Waals surface area contributed by atoms with Gasteiger partial charge in [0.25, 0.3) is 0 Å². The van der Waals surface area contributed by atoms with E-state index >= 15 is 0 Å². The lowest BCUT2D eigenvalue weighted by atomic mass is 9.58. The van der Waals surface area contributed by atoms with Crippen molar-refractivity contribution in [1.29, 1.82) is 0 Å². The Balaban J connectivity index is 2.15. The maximum absolute atomic E-state index is 12.0. The number of ether oxygens (including phenoxy) is 1. The summed E-state index contributed by atoms with van der Waals surface area (Å²) in [6.07, 6.45) is 2.09. The van der Waals surface area contributed by atoms with E-state index in [1.807, 2.05) is 0 Å². The van der Waals surface area contributed by atoms with Crippen LogP contribution in [0.15, 0.2) is 11.1 Å². The van der Waals surface area contributed by atoms with Crippen LogP contribution in [0.25, 0.3) is 0 Å². The molecule has 2 aliphatic carbocycles. The molecular weight excluding hydrogens is 244 g/mol. The molecule has 3 aliphatic rings. The van der Waals surface area contributed by atoms with Crippen LogP contribution in [-0.2, 0) is 14.3 Å². The topological polar surface area (TPSA) is 63.6 Å². The van der Waals surface area contributed by atoms with Gasteiger partial charge in [0.15, 0.2) is 11.9 Å². The fourth-order valence-corrected chi connectivity index (χ4v) is 3.97. The van der Waals surface area contributed by atoms with Gasteiger partial charge in [0.05, 0.1) is 5.92 Å². The second kappa shape index (κ2) is 3.69. The fraction of sp³-hybridized carbons (Fsp3) is 0.733. The van der Waals surface area contributed by atoms with Gasteiger partial charge in [-0.3, -0.25) is 9.59 Å². The summed E-state index contributed by atoms with van der Waals surface area (Å²) in [6.45, 7) is 5.64. The van der Waals surface area contributed by atoms with Gasteiger partial charge in [-0.05, 0) is 49.7 Å². The highest BCUT2D eigenvalue weighted by atomic mass is 16.6. The van der Waals surface area contributed by atoms with Crippen molar-refractivity contribution >= 4 is 11.8 Å². The van der Waals surface area contributed by atoms with E-state index in [1.54, 1.807) is 13.8 Å². The van der Waals surface area contributed by atoms with Crippen molar-refractivity contribution < 1.29 is 19.4 Å². The number of Topliss-reactive ketones (excluding diaryl/α,β-unsaturated/α-hetero) is 1. The molecular formula is C15H20O4. The van der Waals surface area contributed by atoms with Crippen LogP contribution >= 0.6 is 0 Å². The summed E-state index contributed by atoms with van der Waals surface area (Å²) >= 11 is 0. The third-order valence-corrected chi connectivity index (χ3v) is 5.51. The summed E-state index contributed by atoms with van der Waals surface area (Å²) in [5.41, 5.74) is 0.318. The number of hydrogen-bond donors (Lipinski definition) is 1. The van der Waals surface area contributed by atoms with Gasteiger partial charge in [0.1, 0.15) is 5.60 Å². The Morgan fingerprint density at radius 3 is 2.63 bits per heavy atom. The number of allylic oxidation sites excluding steroid dienone is 1. The first kappa shape index (κ1) is 12.9. The van der Waals surface area contributed by atoms with E-state index < -0.39 is 17.6 Å². The first-order valence-corrected chi connectivity index (χ1v) is 6.97. The molecule has 0 amide bonds. The zero-order valence-electron chi connectivity index (χ0n) is 11.7. The Morgan fingerprint density at radius 1 is 1.26 bits per heavy atom. The fourth-order valence-electron chi connectivity index (χ4n) is 3.97. The van der Waals surface area contributed by atoms with Crippen LogP contribution in [0.3, 0.4) is 0 Å². The van der Waals surface area contributed by atoms with Gasteiger partial charge >= 0.3 is 5.97 Å². The van der Waals surface area contributed by atoms with Crippen LogP contribution in [-0.4, -0.2) is 28.6 Å². The molecule has 19 heavy (non-hydrogen) atoms. The number of aliphatic hydroxyl groups is 1. The van der Waals surface area contributed by atoms with E-state index in [0.717, 1.165) is 18.4 Å². The largest absolute Gasteiger partial charge is 0.454 e. The predicted octanol–water partition coefficient (Wildman–Crippen LogP) is 1.76. The van der Waals surface area contributed by atoms with Gasteiger partial charge in [-0.2, -0.15) is 0 Å². The average molecular weight is 264 g/mol. The number of ketones is 1. The molecule has 0 aromatic heterocycles. The average Bonchev–Trinajstić information content (AvgIpc) is 2.59. The van der Waals surface area contributed by atoms with Crippen molar-refractivity contribution in [1.82, 2.24) is 0 Å². The third kappa shape index (κ3) is 1.49. The summed E-state index contributed by atoms with van der Waals surface area (Å²) in [5, 5.41) is 10.8. The quantitative estimate of drug-likeness (QED) is 0.677. The number of esters is 1. The zero-order chi connectivity index (χ0) is 14.0. The summed E-state index contributed by atoms with van der Waals surface area (Å²) < 4.78 is 5.43. The lowest BCUT2D eigenvalue weighted by molar-refractivity contribution is -0.144. The molecule has 4 heteroatoms. The molecule has 104 valence electrons. The second-order valence-corrected chi connectivity index (χ2v) is 6.55. The van der Waals surface area contributed by atoms with Crippen molar-refractivity contribution in [2.24, 2.45) is 11.3 Å². The standard InChI is InChI=1S/C15H20O4/c1-8-10(16)4-5-14(3)6-7-15(18)9(2)13(17)19-12(15)11(8)14/h9,12,18H,4-7H2,1-3H3/t9-,12+,14+,15-/m0/s1. The molecule has 4 nitrogen and oxygen atoms in total. The van der Waals surface area contributed by atoms with E-state index in [9.17, 15) is 14.7 Å². The molecule has 2 fully saturated rings. The smallest absolute Gasteiger partial charge is 0.312 e. The van der Waals surface area contributed by atoms with Gasteiger partial charge in [-0.15, -0.1) is 0 Å². The summed E-state index contributed by atoms with van der Waals surface area (Å²) in [7, 11) is 0. The Bertz CT molecular complexity index is 506. The van der Waals surface area contributed by atoms with Crippen LogP contribution in [0.1, 0.15) is 46.5 Å². The minimum absolute atomic E-state index is 0.112. The third-order valence-electron chi connectivity index (χ3n) is 5.51. The van der Waals surface area contributed by atoms with E-state index in [2.05, 4.69) is 6.92 Å². The number of carbonyl (C=O) groups excluding carboxylic acids is 2. The van der Waals surface area contributed by atoms with E-state index in [0.29, 0.717) is 18.4 Å². The Hall–Kier alpha value is -1.16. The van der Waals surface area contributed by atoms with Crippen LogP contribution in [0.4, 0.5) is 0 Å². The SMILES string of the molecule is CC1=C2[C@H]3OC(=O)[C@H](C)[C@@]3(O)CC[C@@]2(C)CCC1=O. The molecule has 1 N–H and O–H groups in total. The van der Waals surface area contributed by atoms with E-state index in [-0.39, 0.29) is 17.2 Å². The van der Waals surface area contributed by atoms with Crippen molar-refractivity contribution in [2.75, 3.05) is 0 Å². The summed E-state index contributed by atoms with van der Waals surface area (Å²) in [6, 6.07) is 0. The maximum atomic E-state index is 12.0. The molecule has 0 aromatic rings. The lowest BCUT2D eigenvalue weighted by Crippen LogP contribution is -2.53. The molecule has 1 saturated carbocycles. The molecule has 0 unspecified atom stereocenters. The molecule has 3 rings (SSSR count). The summed E-state index contributed by atoms with van der Waals surface area (Å²) in [4.78, 5) is 23.8. The Labute approximate surface area is 112 Å². The van der Waals surface area contributed by atoms with Gasteiger partial charge in [-0.1, -0.05) is 6.92 Å². The number of fused-ring (bicyclic) bond motifs is 3. The number of rotatable bonds is 0. The van der Waals surface area contributed by atoms with Crippen LogP contribution in [0.2, 0.25) is 0 Å². The minimum Gasteiger partial charge on any atom is -0.454 e. The monoisotopic (exact) mass is 264 g/mol. The minimum atomic E-state index is -1.13. The van der Waals surface area contributed by atoms with Gasteiger partial charge < -0.3 is 9.84 Å². The van der Waals surface area contributed by atoms with Gasteiger partial charge in [-0.25, -0.2) is 0 Å². The molecule has 0 bridgehead atoms. The summed E-state index contributed by atoms with van der Waals surface area (Å²) in [5.74, 6) is -0.748. The van der Waals surface area contributed by atoms with Crippen LogP contribution < -0.4 is 0 Å². The van der Waals surface area contributed by atoms with Crippen molar-refractivity contribution in [2.45, 2.75) is 58.2 Å². The van der Waals surface area contributed by atoms with E-state index in [1.165, 1.54) is 0 Å². The van der Waals surface area contributed by atoms with Crippen molar-refractivity contribution in [3.05, 3.63) is 11.1 Å². The Kier molecular flexibility index (Phi) is 2.50.